The minimum Gasteiger partial charge on any atom is -0.396 e. The molecule has 1 aromatic heterocycles. The first-order chi connectivity index (χ1) is 8.15. The van der Waals surface area contributed by atoms with Gasteiger partial charge >= 0.3 is 0 Å². The van der Waals surface area contributed by atoms with Gasteiger partial charge in [0.25, 0.3) is 0 Å². The van der Waals surface area contributed by atoms with Crippen molar-refractivity contribution in [2.24, 2.45) is 0 Å². The summed E-state index contributed by atoms with van der Waals surface area (Å²) in [6.45, 7) is 4.17. The Bertz CT molecular complexity index is 534. The fourth-order valence-electron chi connectivity index (χ4n) is 2.01. The molecular formula is C13H15BrN2O. The van der Waals surface area contributed by atoms with Gasteiger partial charge in [-0.1, -0.05) is 12.1 Å². The van der Waals surface area contributed by atoms with Crippen LogP contribution in [0.2, 0.25) is 0 Å². The number of hydrogen-bond donors (Lipinski definition) is 1. The lowest BCUT2D eigenvalue weighted by Crippen LogP contribution is -2.01. The summed E-state index contributed by atoms with van der Waals surface area (Å²) in [5, 5.41) is 13.6. The molecule has 0 aliphatic carbocycles. The van der Waals surface area contributed by atoms with Gasteiger partial charge < -0.3 is 5.11 Å². The highest BCUT2D eigenvalue weighted by Crippen LogP contribution is 2.24. The lowest BCUT2D eigenvalue weighted by Gasteiger charge is -2.07. The molecule has 0 unspecified atom stereocenters. The van der Waals surface area contributed by atoms with Crippen molar-refractivity contribution in [3.63, 3.8) is 0 Å². The van der Waals surface area contributed by atoms with Crippen LogP contribution in [0.3, 0.4) is 0 Å². The van der Waals surface area contributed by atoms with Crippen molar-refractivity contribution in [1.29, 1.82) is 0 Å². The highest BCUT2D eigenvalue weighted by molar-refractivity contribution is 9.10. The molecule has 0 fully saturated rings. The van der Waals surface area contributed by atoms with E-state index in [4.69, 9.17) is 5.11 Å². The SMILES string of the molecule is Cc1nn(-c2ccccc2Br)c(C)c1CCO. The highest BCUT2D eigenvalue weighted by Gasteiger charge is 2.13. The van der Waals surface area contributed by atoms with Crippen LogP contribution in [0.5, 0.6) is 0 Å². The van der Waals surface area contributed by atoms with Crippen molar-refractivity contribution in [2.75, 3.05) is 6.61 Å². The first-order valence-corrected chi connectivity index (χ1v) is 6.35. The van der Waals surface area contributed by atoms with E-state index in [-0.39, 0.29) is 6.61 Å². The minimum absolute atomic E-state index is 0.156. The van der Waals surface area contributed by atoms with E-state index in [2.05, 4.69) is 21.0 Å². The molecule has 0 aliphatic heterocycles. The Labute approximate surface area is 109 Å². The predicted octanol–water partition coefficient (Wildman–Crippen LogP) is 2.79. The predicted molar refractivity (Wildman–Crippen MR) is 71.5 cm³/mol. The molecule has 0 radical (unpaired) electrons. The average molecular weight is 295 g/mol. The molecule has 90 valence electrons. The molecule has 1 heterocycles. The van der Waals surface area contributed by atoms with Gasteiger partial charge in [0.15, 0.2) is 0 Å². The quantitative estimate of drug-likeness (QED) is 0.945. The molecule has 0 atom stereocenters. The number of aryl methyl sites for hydroxylation is 1. The van der Waals surface area contributed by atoms with Crippen LogP contribution in [0.15, 0.2) is 28.7 Å². The summed E-state index contributed by atoms with van der Waals surface area (Å²) in [6.07, 6.45) is 0.655. The van der Waals surface area contributed by atoms with Gasteiger partial charge in [0.2, 0.25) is 0 Å². The number of halogens is 1. The second kappa shape index (κ2) is 5.02. The van der Waals surface area contributed by atoms with Gasteiger partial charge in [0, 0.05) is 16.8 Å². The Hall–Kier alpha value is -1.13. The van der Waals surface area contributed by atoms with E-state index in [0.29, 0.717) is 6.42 Å². The van der Waals surface area contributed by atoms with Crippen molar-refractivity contribution in [3.8, 4) is 5.69 Å². The van der Waals surface area contributed by atoms with Crippen molar-refractivity contribution in [2.45, 2.75) is 20.3 Å². The van der Waals surface area contributed by atoms with E-state index in [1.165, 1.54) is 0 Å². The maximum absolute atomic E-state index is 9.06. The van der Waals surface area contributed by atoms with E-state index in [0.717, 1.165) is 27.1 Å². The average Bonchev–Trinajstić information content (AvgIpc) is 2.58. The second-order valence-electron chi connectivity index (χ2n) is 3.99. The van der Waals surface area contributed by atoms with Gasteiger partial charge in [-0.3, -0.25) is 0 Å². The lowest BCUT2D eigenvalue weighted by atomic mass is 10.1. The molecule has 2 aromatic rings. The summed E-state index contributed by atoms with van der Waals surface area (Å²) >= 11 is 3.53. The molecule has 3 nitrogen and oxygen atoms in total. The van der Waals surface area contributed by atoms with Crippen LogP contribution in [0, 0.1) is 13.8 Å². The summed E-state index contributed by atoms with van der Waals surface area (Å²) in [4.78, 5) is 0. The second-order valence-corrected chi connectivity index (χ2v) is 4.84. The Morgan fingerprint density at radius 2 is 2.00 bits per heavy atom. The van der Waals surface area contributed by atoms with Gasteiger partial charge in [-0.15, -0.1) is 0 Å². The van der Waals surface area contributed by atoms with E-state index >= 15 is 0 Å². The number of aliphatic hydroxyl groups is 1. The van der Waals surface area contributed by atoms with Crippen LogP contribution in [0.4, 0.5) is 0 Å². The summed E-state index contributed by atoms with van der Waals surface area (Å²) in [5.41, 5.74) is 4.22. The number of nitrogens with zero attached hydrogens (tertiary/aromatic N) is 2. The number of aromatic nitrogens is 2. The minimum atomic E-state index is 0.156. The van der Waals surface area contributed by atoms with E-state index in [1.807, 2.05) is 42.8 Å². The van der Waals surface area contributed by atoms with E-state index in [9.17, 15) is 0 Å². The largest absolute Gasteiger partial charge is 0.396 e. The molecule has 0 aliphatic rings. The molecule has 1 N–H and O–H groups in total. The maximum Gasteiger partial charge on any atom is 0.0790 e. The van der Waals surface area contributed by atoms with Crippen molar-refractivity contribution < 1.29 is 5.11 Å². The Morgan fingerprint density at radius 3 is 2.65 bits per heavy atom. The number of aliphatic hydroxyl groups excluding tert-OH is 1. The molecule has 0 bridgehead atoms. The standard InChI is InChI=1S/C13H15BrN2O/c1-9-11(7-8-17)10(2)16(15-9)13-6-4-3-5-12(13)14/h3-6,17H,7-8H2,1-2H3. The molecule has 0 amide bonds. The molecule has 0 saturated heterocycles. The zero-order valence-electron chi connectivity index (χ0n) is 9.94. The normalized spacial score (nSPS) is 10.8. The topological polar surface area (TPSA) is 38.0 Å². The fraction of sp³-hybridized carbons (Fsp3) is 0.308. The van der Waals surface area contributed by atoms with Crippen LogP contribution in [-0.4, -0.2) is 21.5 Å². The van der Waals surface area contributed by atoms with Crippen molar-refractivity contribution in [3.05, 3.63) is 45.7 Å². The van der Waals surface area contributed by atoms with Crippen LogP contribution in [-0.2, 0) is 6.42 Å². The van der Waals surface area contributed by atoms with Gasteiger partial charge in [0.1, 0.15) is 0 Å². The van der Waals surface area contributed by atoms with Crippen LogP contribution < -0.4 is 0 Å². The van der Waals surface area contributed by atoms with Crippen LogP contribution in [0.1, 0.15) is 17.0 Å². The summed E-state index contributed by atoms with van der Waals surface area (Å²) in [5.74, 6) is 0. The smallest absolute Gasteiger partial charge is 0.0790 e. The van der Waals surface area contributed by atoms with Crippen LogP contribution >= 0.6 is 15.9 Å². The van der Waals surface area contributed by atoms with E-state index < -0.39 is 0 Å². The lowest BCUT2D eigenvalue weighted by molar-refractivity contribution is 0.299. The Balaban J connectivity index is 2.54. The van der Waals surface area contributed by atoms with Gasteiger partial charge in [-0.25, -0.2) is 4.68 Å². The van der Waals surface area contributed by atoms with Gasteiger partial charge in [0.05, 0.1) is 11.4 Å². The first-order valence-electron chi connectivity index (χ1n) is 5.56. The molecule has 0 spiro atoms. The third-order valence-corrected chi connectivity index (χ3v) is 3.55. The van der Waals surface area contributed by atoms with Crippen molar-refractivity contribution >= 4 is 15.9 Å². The van der Waals surface area contributed by atoms with Gasteiger partial charge in [-0.2, -0.15) is 5.10 Å². The maximum atomic E-state index is 9.06. The third-order valence-electron chi connectivity index (χ3n) is 2.88. The summed E-state index contributed by atoms with van der Waals surface area (Å²) < 4.78 is 2.94. The summed E-state index contributed by atoms with van der Waals surface area (Å²) in [6, 6.07) is 7.99. The molecular weight excluding hydrogens is 280 g/mol. The Morgan fingerprint density at radius 1 is 1.29 bits per heavy atom. The van der Waals surface area contributed by atoms with Crippen molar-refractivity contribution in [1.82, 2.24) is 9.78 Å². The van der Waals surface area contributed by atoms with Gasteiger partial charge in [-0.05, 0) is 53.9 Å². The molecule has 2 rings (SSSR count). The molecule has 1 aromatic carbocycles. The monoisotopic (exact) mass is 294 g/mol. The van der Waals surface area contributed by atoms with Crippen LogP contribution in [0.25, 0.3) is 5.69 Å². The molecule has 4 heteroatoms. The fourth-order valence-corrected chi connectivity index (χ4v) is 2.46. The zero-order valence-corrected chi connectivity index (χ0v) is 11.5. The number of para-hydroxylation sites is 1. The highest BCUT2D eigenvalue weighted by atomic mass is 79.9. The third kappa shape index (κ3) is 2.28. The van der Waals surface area contributed by atoms with E-state index in [1.54, 1.807) is 0 Å². The number of rotatable bonds is 3. The first kappa shape index (κ1) is 12.3. The Kier molecular flexibility index (Phi) is 3.64. The summed E-state index contributed by atoms with van der Waals surface area (Å²) in [7, 11) is 0. The number of benzene rings is 1. The number of hydrogen-bond acceptors (Lipinski definition) is 2. The zero-order chi connectivity index (χ0) is 12.4. The molecule has 0 saturated carbocycles. The molecule has 17 heavy (non-hydrogen) atoms.